The Labute approximate surface area is 174 Å². The Morgan fingerprint density at radius 3 is 2.39 bits per heavy atom. The fourth-order valence-electron chi connectivity index (χ4n) is 2.96. The van der Waals surface area contributed by atoms with Crippen LogP contribution >= 0.6 is 0 Å². The first-order valence-corrected chi connectivity index (χ1v) is 9.18. The average molecular weight is 436 g/mol. The van der Waals surface area contributed by atoms with Crippen LogP contribution in [0.3, 0.4) is 0 Å². The molecule has 1 aromatic heterocycles. The maximum atomic E-state index is 13.7. The number of benzene rings is 2. The molecule has 0 unspecified atom stereocenters. The van der Waals surface area contributed by atoms with Crippen LogP contribution in [0.15, 0.2) is 51.7 Å². The number of hydrogen-bond donors (Lipinski definition) is 1. The maximum absolute atomic E-state index is 13.7. The van der Waals surface area contributed by atoms with Crippen molar-refractivity contribution < 1.29 is 37.0 Å². The standard InChI is InChI=1S/C22H19F3O6/c1-21(2,3)14-6-4-5-7-15(14)30-19-18(28)13-9-8-12(29-11-17(26)27)10-16(13)31-20(19)22(23,24)25/h4-10H,11H2,1-3H3,(H,26,27). The van der Waals surface area contributed by atoms with Crippen LogP contribution in [0.1, 0.15) is 32.1 Å². The molecule has 0 aliphatic rings. The third-order valence-electron chi connectivity index (χ3n) is 4.35. The molecule has 0 amide bonds. The van der Waals surface area contributed by atoms with Gasteiger partial charge in [0.25, 0.3) is 5.76 Å². The Balaban J connectivity index is 2.18. The van der Waals surface area contributed by atoms with Crippen LogP contribution in [0.25, 0.3) is 11.0 Å². The van der Waals surface area contributed by atoms with Gasteiger partial charge in [-0.1, -0.05) is 39.0 Å². The second-order valence-electron chi connectivity index (χ2n) is 7.78. The third kappa shape index (κ3) is 4.82. The topological polar surface area (TPSA) is 86.0 Å². The summed E-state index contributed by atoms with van der Waals surface area (Å²) in [5.41, 5.74) is -1.26. The first-order chi connectivity index (χ1) is 14.4. The number of alkyl halides is 3. The summed E-state index contributed by atoms with van der Waals surface area (Å²) in [7, 11) is 0. The van der Waals surface area contributed by atoms with Crippen molar-refractivity contribution in [3.8, 4) is 17.2 Å². The molecule has 0 saturated carbocycles. The molecule has 2 aromatic carbocycles. The van der Waals surface area contributed by atoms with Gasteiger partial charge in [-0.05, 0) is 23.6 Å². The highest BCUT2D eigenvalue weighted by molar-refractivity contribution is 5.80. The molecule has 1 N–H and O–H groups in total. The van der Waals surface area contributed by atoms with Crippen molar-refractivity contribution in [1.29, 1.82) is 0 Å². The molecule has 164 valence electrons. The molecule has 0 radical (unpaired) electrons. The molecule has 3 aromatic rings. The molecule has 1 heterocycles. The van der Waals surface area contributed by atoms with Gasteiger partial charge in [-0.25, -0.2) is 4.79 Å². The van der Waals surface area contributed by atoms with Gasteiger partial charge in [0.15, 0.2) is 6.61 Å². The van der Waals surface area contributed by atoms with Crippen LogP contribution in [0, 0.1) is 0 Å². The third-order valence-corrected chi connectivity index (χ3v) is 4.35. The minimum Gasteiger partial charge on any atom is -0.482 e. The molecular weight excluding hydrogens is 417 g/mol. The SMILES string of the molecule is CC(C)(C)c1ccccc1Oc1c(C(F)(F)F)oc2cc(OCC(=O)O)ccc2c1=O. The van der Waals surface area contributed by atoms with Gasteiger partial charge in [0.05, 0.1) is 5.39 Å². The van der Waals surface area contributed by atoms with E-state index in [4.69, 9.17) is 19.0 Å². The summed E-state index contributed by atoms with van der Waals surface area (Å²) in [6.07, 6.45) is -5.02. The normalized spacial score (nSPS) is 12.1. The van der Waals surface area contributed by atoms with Crippen molar-refractivity contribution in [2.45, 2.75) is 32.4 Å². The Kier molecular flexibility index (Phi) is 5.71. The van der Waals surface area contributed by atoms with E-state index >= 15 is 0 Å². The molecule has 0 bridgehead atoms. The van der Waals surface area contributed by atoms with Crippen LogP contribution in [0.5, 0.6) is 17.2 Å². The zero-order chi connectivity index (χ0) is 23.0. The van der Waals surface area contributed by atoms with Crippen molar-refractivity contribution in [2.75, 3.05) is 6.61 Å². The fraction of sp³-hybridized carbons (Fsp3) is 0.273. The van der Waals surface area contributed by atoms with Crippen molar-refractivity contribution in [3.63, 3.8) is 0 Å². The molecule has 9 heteroatoms. The first-order valence-electron chi connectivity index (χ1n) is 9.18. The zero-order valence-corrected chi connectivity index (χ0v) is 16.9. The lowest BCUT2D eigenvalue weighted by molar-refractivity contribution is -0.154. The van der Waals surface area contributed by atoms with Crippen LogP contribution in [-0.2, 0) is 16.4 Å². The highest BCUT2D eigenvalue weighted by Crippen LogP contribution is 2.40. The summed E-state index contributed by atoms with van der Waals surface area (Å²) < 4.78 is 56.6. The highest BCUT2D eigenvalue weighted by Gasteiger charge is 2.41. The van der Waals surface area contributed by atoms with E-state index < -0.39 is 46.7 Å². The second-order valence-corrected chi connectivity index (χ2v) is 7.78. The van der Waals surface area contributed by atoms with E-state index in [0.717, 1.165) is 6.07 Å². The predicted octanol–water partition coefficient (Wildman–Crippen LogP) is 5.37. The lowest BCUT2D eigenvalue weighted by atomic mass is 9.86. The molecular formula is C22H19F3O6. The van der Waals surface area contributed by atoms with Gasteiger partial charge in [0.2, 0.25) is 11.2 Å². The van der Waals surface area contributed by atoms with E-state index in [1.54, 1.807) is 18.2 Å². The number of carboxylic acid groups (broad SMARTS) is 1. The van der Waals surface area contributed by atoms with E-state index in [1.165, 1.54) is 18.2 Å². The number of carbonyl (C=O) groups is 1. The van der Waals surface area contributed by atoms with Crippen LogP contribution in [0.2, 0.25) is 0 Å². The van der Waals surface area contributed by atoms with Gasteiger partial charge in [-0.15, -0.1) is 0 Å². The number of ether oxygens (including phenoxy) is 2. The molecule has 0 fully saturated rings. The zero-order valence-electron chi connectivity index (χ0n) is 16.9. The summed E-state index contributed by atoms with van der Waals surface area (Å²) in [6, 6.07) is 9.99. The van der Waals surface area contributed by atoms with Gasteiger partial charge in [-0.2, -0.15) is 13.2 Å². The van der Waals surface area contributed by atoms with Crippen molar-refractivity contribution in [1.82, 2.24) is 0 Å². The summed E-state index contributed by atoms with van der Waals surface area (Å²) in [6.45, 7) is 4.89. The van der Waals surface area contributed by atoms with E-state index in [-0.39, 0.29) is 16.9 Å². The van der Waals surface area contributed by atoms with Crippen LogP contribution < -0.4 is 14.9 Å². The molecule has 0 spiro atoms. The van der Waals surface area contributed by atoms with Gasteiger partial charge < -0.3 is 19.0 Å². The second kappa shape index (κ2) is 7.98. The first kappa shape index (κ1) is 22.2. The van der Waals surface area contributed by atoms with E-state index in [9.17, 15) is 22.8 Å². The van der Waals surface area contributed by atoms with E-state index in [0.29, 0.717) is 5.56 Å². The monoisotopic (exact) mass is 436 g/mol. The Bertz CT molecular complexity index is 1190. The molecule has 0 aliphatic carbocycles. The molecule has 6 nitrogen and oxygen atoms in total. The number of carboxylic acids is 1. The van der Waals surface area contributed by atoms with E-state index in [1.807, 2.05) is 20.8 Å². The molecule has 0 aliphatic heterocycles. The summed E-state index contributed by atoms with van der Waals surface area (Å²) >= 11 is 0. The minimum atomic E-state index is -5.02. The summed E-state index contributed by atoms with van der Waals surface area (Å²) in [4.78, 5) is 23.5. The van der Waals surface area contributed by atoms with Gasteiger partial charge >= 0.3 is 12.1 Å². The summed E-state index contributed by atoms with van der Waals surface area (Å²) in [5, 5.41) is 8.51. The molecule has 0 atom stereocenters. The lowest BCUT2D eigenvalue weighted by Crippen LogP contribution is -2.17. The molecule has 0 saturated heterocycles. The number of fused-ring (bicyclic) bond motifs is 1. The quantitative estimate of drug-likeness (QED) is 0.579. The Hall–Kier alpha value is -3.49. The average Bonchev–Trinajstić information content (AvgIpc) is 2.67. The van der Waals surface area contributed by atoms with Crippen LogP contribution in [0.4, 0.5) is 13.2 Å². The number of aliphatic carboxylic acids is 1. The number of para-hydroxylation sites is 1. The minimum absolute atomic E-state index is 0.0575. The van der Waals surface area contributed by atoms with Gasteiger partial charge in [0.1, 0.15) is 17.1 Å². The maximum Gasteiger partial charge on any atom is 0.453 e. The smallest absolute Gasteiger partial charge is 0.453 e. The number of hydrogen-bond acceptors (Lipinski definition) is 5. The van der Waals surface area contributed by atoms with Gasteiger partial charge in [-0.3, -0.25) is 4.79 Å². The van der Waals surface area contributed by atoms with Crippen molar-refractivity contribution in [3.05, 3.63) is 64.0 Å². The fourth-order valence-corrected chi connectivity index (χ4v) is 2.96. The molecule has 31 heavy (non-hydrogen) atoms. The predicted molar refractivity (Wildman–Crippen MR) is 106 cm³/mol. The van der Waals surface area contributed by atoms with E-state index in [2.05, 4.69) is 0 Å². The number of rotatable bonds is 5. The number of halogens is 3. The van der Waals surface area contributed by atoms with Crippen molar-refractivity contribution in [2.24, 2.45) is 0 Å². The molecule has 3 rings (SSSR count). The Morgan fingerprint density at radius 1 is 1.10 bits per heavy atom. The lowest BCUT2D eigenvalue weighted by Gasteiger charge is -2.23. The highest BCUT2D eigenvalue weighted by atomic mass is 19.4. The summed E-state index contributed by atoms with van der Waals surface area (Å²) in [5.74, 6) is -3.79. The van der Waals surface area contributed by atoms with Crippen molar-refractivity contribution >= 4 is 16.9 Å². The Morgan fingerprint density at radius 2 is 1.77 bits per heavy atom. The van der Waals surface area contributed by atoms with Gasteiger partial charge in [0, 0.05) is 11.6 Å². The largest absolute Gasteiger partial charge is 0.482 e. The van der Waals surface area contributed by atoms with Crippen LogP contribution in [-0.4, -0.2) is 17.7 Å².